The summed E-state index contributed by atoms with van der Waals surface area (Å²) in [6, 6.07) is 8.41. The Labute approximate surface area is 156 Å². The molecule has 1 fully saturated rings. The monoisotopic (exact) mass is 372 g/mol. The number of nitrogens with zero attached hydrogens (tertiary/aromatic N) is 2. The highest BCUT2D eigenvalue weighted by Crippen LogP contribution is 2.38. The van der Waals surface area contributed by atoms with E-state index in [1.165, 1.54) is 23.9 Å². The van der Waals surface area contributed by atoms with Crippen molar-refractivity contribution in [3.05, 3.63) is 57.5 Å². The van der Waals surface area contributed by atoms with E-state index in [2.05, 4.69) is 6.07 Å². The lowest BCUT2D eigenvalue weighted by atomic mass is 9.93. The van der Waals surface area contributed by atoms with Crippen LogP contribution in [0.2, 0.25) is 0 Å². The fourth-order valence-corrected chi connectivity index (χ4v) is 4.61. The number of amides is 2. The summed E-state index contributed by atoms with van der Waals surface area (Å²) in [4.78, 5) is 29.8. The normalized spacial score (nSPS) is 19.2. The molecular formula is C20H21FN2O2S. The molecule has 26 heavy (non-hydrogen) atoms. The number of thiophene rings is 1. The number of rotatable bonds is 4. The molecule has 2 heterocycles. The quantitative estimate of drug-likeness (QED) is 0.826. The molecular weight excluding hydrogens is 351 g/mol. The van der Waals surface area contributed by atoms with Crippen molar-refractivity contribution in [3.63, 3.8) is 0 Å². The summed E-state index contributed by atoms with van der Waals surface area (Å²) in [6.45, 7) is 2.26. The largest absolute Gasteiger partial charge is 0.331 e. The molecule has 2 amide bonds. The van der Waals surface area contributed by atoms with Crippen molar-refractivity contribution in [2.24, 2.45) is 0 Å². The van der Waals surface area contributed by atoms with Gasteiger partial charge in [-0.25, -0.2) is 4.39 Å². The first-order chi connectivity index (χ1) is 12.5. The Bertz CT molecular complexity index is 829. The van der Waals surface area contributed by atoms with E-state index in [4.69, 9.17) is 0 Å². The van der Waals surface area contributed by atoms with Gasteiger partial charge in [0.1, 0.15) is 12.4 Å². The Balaban J connectivity index is 1.64. The molecule has 0 saturated heterocycles. The van der Waals surface area contributed by atoms with E-state index >= 15 is 0 Å². The Morgan fingerprint density at radius 3 is 2.62 bits per heavy atom. The van der Waals surface area contributed by atoms with Gasteiger partial charge in [0.05, 0.1) is 6.04 Å². The molecule has 4 rings (SSSR count). The van der Waals surface area contributed by atoms with Crippen molar-refractivity contribution in [2.45, 2.75) is 38.3 Å². The van der Waals surface area contributed by atoms with Gasteiger partial charge in [-0.2, -0.15) is 0 Å². The maximum atomic E-state index is 13.4. The summed E-state index contributed by atoms with van der Waals surface area (Å²) < 4.78 is 13.4. The summed E-state index contributed by atoms with van der Waals surface area (Å²) in [6.07, 6.45) is 2.77. The molecule has 1 aromatic heterocycles. The number of fused-ring (bicyclic) bond motifs is 1. The van der Waals surface area contributed by atoms with E-state index in [9.17, 15) is 14.0 Å². The Hall–Kier alpha value is -2.21. The van der Waals surface area contributed by atoms with Gasteiger partial charge in [0.25, 0.3) is 0 Å². The maximum absolute atomic E-state index is 13.4. The van der Waals surface area contributed by atoms with Gasteiger partial charge in [0, 0.05) is 24.4 Å². The molecule has 2 aliphatic rings. The third-order valence-electron chi connectivity index (χ3n) is 5.17. The molecule has 2 aromatic rings. The second-order valence-electron chi connectivity index (χ2n) is 6.97. The molecule has 0 bridgehead atoms. The third kappa shape index (κ3) is 3.26. The van der Waals surface area contributed by atoms with Crippen LogP contribution in [-0.2, 0) is 16.0 Å². The first-order valence-electron chi connectivity index (χ1n) is 8.93. The van der Waals surface area contributed by atoms with Crippen molar-refractivity contribution < 1.29 is 14.0 Å². The molecule has 1 aliphatic heterocycles. The predicted molar refractivity (Wildman–Crippen MR) is 98.4 cm³/mol. The van der Waals surface area contributed by atoms with Crippen molar-refractivity contribution in [1.82, 2.24) is 9.80 Å². The van der Waals surface area contributed by atoms with Crippen molar-refractivity contribution in [3.8, 4) is 0 Å². The summed E-state index contributed by atoms with van der Waals surface area (Å²) in [7, 11) is 0. The van der Waals surface area contributed by atoms with E-state index in [0.29, 0.717) is 6.54 Å². The van der Waals surface area contributed by atoms with Gasteiger partial charge in [-0.15, -0.1) is 11.3 Å². The van der Waals surface area contributed by atoms with E-state index in [1.54, 1.807) is 28.4 Å². The number of halogens is 1. The Kier molecular flexibility index (Phi) is 4.53. The summed E-state index contributed by atoms with van der Waals surface area (Å²) in [5.41, 5.74) is 2.02. The summed E-state index contributed by atoms with van der Waals surface area (Å²) >= 11 is 1.70. The minimum atomic E-state index is -0.288. The zero-order chi connectivity index (χ0) is 18.3. The minimum absolute atomic E-state index is 0.0433. The second-order valence-corrected chi connectivity index (χ2v) is 7.97. The van der Waals surface area contributed by atoms with Crippen LogP contribution in [0.4, 0.5) is 4.39 Å². The lowest BCUT2D eigenvalue weighted by molar-refractivity contribution is -0.141. The van der Waals surface area contributed by atoms with E-state index in [-0.39, 0.29) is 36.3 Å². The molecule has 6 heteroatoms. The van der Waals surface area contributed by atoms with Crippen LogP contribution >= 0.6 is 11.3 Å². The number of benzene rings is 1. The van der Waals surface area contributed by atoms with Crippen molar-refractivity contribution in [2.75, 3.05) is 13.1 Å². The van der Waals surface area contributed by atoms with Crippen LogP contribution in [0.5, 0.6) is 0 Å². The molecule has 0 unspecified atom stereocenters. The molecule has 0 radical (unpaired) electrons. The fraction of sp³-hybridized carbons (Fsp3) is 0.400. The molecule has 136 valence electrons. The van der Waals surface area contributed by atoms with E-state index in [1.807, 2.05) is 10.3 Å². The highest BCUT2D eigenvalue weighted by atomic mass is 32.1. The van der Waals surface area contributed by atoms with Crippen LogP contribution in [0, 0.1) is 5.82 Å². The van der Waals surface area contributed by atoms with Gasteiger partial charge >= 0.3 is 0 Å². The average molecular weight is 372 g/mol. The average Bonchev–Trinajstić information content (AvgIpc) is 3.35. The summed E-state index contributed by atoms with van der Waals surface area (Å²) in [5.74, 6) is -0.379. The predicted octanol–water partition coefficient (Wildman–Crippen LogP) is 3.37. The van der Waals surface area contributed by atoms with Gasteiger partial charge < -0.3 is 9.80 Å². The first-order valence-corrected chi connectivity index (χ1v) is 9.81. The topological polar surface area (TPSA) is 40.6 Å². The van der Waals surface area contributed by atoms with Crippen molar-refractivity contribution in [1.29, 1.82) is 0 Å². The van der Waals surface area contributed by atoms with E-state index in [0.717, 1.165) is 30.4 Å². The molecule has 0 spiro atoms. The third-order valence-corrected chi connectivity index (χ3v) is 6.17. The number of carbonyl (C=O) groups is 2. The van der Waals surface area contributed by atoms with Gasteiger partial charge in [0.2, 0.25) is 11.8 Å². The Morgan fingerprint density at radius 2 is 1.96 bits per heavy atom. The van der Waals surface area contributed by atoms with Crippen LogP contribution in [0.3, 0.4) is 0 Å². The van der Waals surface area contributed by atoms with Gasteiger partial charge in [-0.1, -0.05) is 12.1 Å². The zero-order valence-electron chi connectivity index (χ0n) is 14.7. The molecule has 1 aliphatic carbocycles. The number of hydrogen-bond acceptors (Lipinski definition) is 3. The van der Waals surface area contributed by atoms with Gasteiger partial charge in [-0.05, 0) is 54.0 Å². The highest BCUT2D eigenvalue weighted by molar-refractivity contribution is 7.10. The van der Waals surface area contributed by atoms with Crippen LogP contribution in [0.1, 0.15) is 41.8 Å². The lowest BCUT2D eigenvalue weighted by Crippen LogP contribution is -2.47. The fourth-order valence-electron chi connectivity index (χ4n) is 3.71. The van der Waals surface area contributed by atoms with Gasteiger partial charge in [-0.3, -0.25) is 9.59 Å². The van der Waals surface area contributed by atoms with Crippen molar-refractivity contribution >= 4 is 23.2 Å². The van der Waals surface area contributed by atoms with E-state index < -0.39 is 0 Å². The smallest absolute Gasteiger partial charge is 0.243 e. The van der Waals surface area contributed by atoms with Gasteiger partial charge in [0.15, 0.2) is 0 Å². The summed E-state index contributed by atoms with van der Waals surface area (Å²) in [5, 5.41) is 2.04. The molecule has 0 N–H and O–H groups in total. The molecule has 4 nitrogen and oxygen atoms in total. The molecule has 1 saturated carbocycles. The SMILES string of the molecule is CC(=O)N(CC(=O)N1CCc2sccc2[C@H]1c1ccc(F)cc1)C1CC1. The maximum Gasteiger partial charge on any atom is 0.243 e. The minimum Gasteiger partial charge on any atom is -0.331 e. The Morgan fingerprint density at radius 1 is 1.23 bits per heavy atom. The van der Waals surface area contributed by atoms with Crippen LogP contribution < -0.4 is 0 Å². The number of hydrogen-bond donors (Lipinski definition) is 0. The molecule has 1 aromatic carbocycles. The van der Waals surface area contributed by atoms with Crippen LogP contribution in [0.15, 0.2) is 35.7 Å². The highest BCUT2D eigenvalue weighted by Gasteiger charge is 2.37. The second kappa shape index (κ2) is 6.83. The van der Waals surface area contributed by atoms with Crippen LogP contribution in [0.25, 0.3) is 0 Å². The van der Waals surface area contributed by atoms with Crippen LogP contribution in [-0.4, -0.2) is 40.7 Å². The zero-order valence-corrected chi connectivity index (χ0v) is 15.5. The first kappa shape index (κ1) is 17.2. The molecule has 1 atom stereocenters. The number of carbonyl (C=O) groups excluding carboxylic acids is 2. The standard InChI is InChI=1S/C20H21FN2O2S/c1-13(24)23(16-6-7-16)12-19(25)22-10-8-18-17(9-11-26-18)20(22)14-2-4-15(21)5-3-14/h2-5,9,11,16,20H,6-8,10,12H2,1H3/t20-/m1/s1. The lowest BCUT2D eigenvalue weighted by Gasteiger charge is -2.37.